The monoisotopic (exact) mass is 310 g/mol. The lowest BCUT2D eigenvalue weighted by atomic mass is 10.1. The molecule has 0 aromatic heterocycles. The third-order valence-corrected chi connectivity index (χ3v) is 3.40. The summed E-state index contributed by atoms with van der Waals surface area (Å²) in [5.41, 5.74) is 1.06. The van der Waals surface area contributed by atoms with Gasteiger partial charge in [-0.1, -0.05) is 23.2 Å². The Balaban J connectivity index is 0.00000162. The highest BCUT2D eigenvalue weighted by atomic mass is 35.5. The average Bonchev–Trinajstić information content (AvgIpc) is 2.63. The third kappa shape index (κ3) is 4.57. The molecule has 0 spiro atoms. The highest BCUT2D eigenvalue weighted by Crippen LogP contribution is 2.19. The minimum Gasteiger partial charge on any atom is -0.391 e. The van der Waals surface area contributed by atoms with Crippen LogP contribution in [0.15, 0.2) is 18.2 Å². The van der Waals surface area contributed by atoms with Gasteiger partial charge in [0.15, 0.2) is 0 Å². The lowest BCUT2D eigenvalue weighted by molar-refractivity contribution is 0.146. The first-order chi connectivity index (χ1) is 8.15. The van der Waals surface area contributed by atoms with Gasteiger partial charge >= 0.3 is 0 Å². The van der Waals surface area contributed by atoms with Crippen LogP contribution in [-0.2, 0) is 6.54 Å². The third-order valence-electron chi connectivity index (χ3n) is 2.96. The summed E-state index contributed by atoms with van der Waals surface area (Å²) in [7, 11) is 0. The molecule has 1 heterocycles. The van der Waals surface area contributed by atoms with Gasteiger partial charge in [0.25, 0.3) is 0 Å². The minimum absolute atomic E-state index is 0. The van der Waals surface area contributed by atoms with Crippen molar-refractivity contribution in [3.8, 4) is 0 Å². The Bertz CT molecular complexity index is 369. The van der Waals surface area contributed by atoms with Gasteiger partial charge < -0.3 is 15.7 Å². The van der Waals surface area contributed by atoms with Crippen LogP contribution in [0.1, 0.15) is 5.56 Å². The Kier molecular flexibility index (Phi) is 6.71. The molecule has 18 heavy (non-hydrogen) atoms. The van der Waals surface area contributed by atoms with Crippen molar-refractivity contribution in [3.63, 3.8) is 0 Å². The SMILES string of the molecule is Cl.OC1CNCC1CNCc1cc(Cl)cc(Cl)c1. The Morgan fingerprint density at radius 1 is 1.22 bits per heavy atom. The van der Waals surface area contributed by atoms with E-state index in [4.69, 9.17) is 23.2 Å². The fraction of sp³-hybridized carbons (Fsp3) is 0.500. The van der Waals surface area contributed by atoms with E-state index in [1.54, 1.807) is 6.07 Å². The summed E-state index contributed by atoms with van der Waals surface area (Å²) in [5.74, 6) is 0.282. The summed E-state index contributed by atoms with van der Waals surface area (Å²) in [6, 6.07) is 5.50. The maximum absolute atomic E-state index is 9.63. The van der Waals surface area contributed by atoms with Crippen molar-refractivity contribution in [3.05, 3.63) is 33.8 Å². The van der Waals surface area contributed by atoms with Crippen molar-refractivity contribution in [1.29, 1.82) is 0 Å². The van der Waals surface area contributed by atoms with E-state index in [0.717, 1.165) is 18.7 Å². The van der Waals surface area contributed by atoms with E-state index in [1.807, 2.05) is 12.1 Å². The van der Waals surface area contributed by atoms with Crippen LogP contribution in [0.3, 0.4) is 0 Å². The highest BCUT2D eigenvalue weighted by molar-refractivity contribution is 6.34. The molecule has 2 atom stereocenters. The second-order valence-corrected chi connectivity index (χ2v) is 5.27. The van der Waals surface area contributed by atoms with Gasteiger partial charge in [0.05, 0.1) is 6.10 Å². The molecule has 3 nitrogen and oxygen atoms in total. The maximum Gasteiger partial charge on any atom is 0.0716 e. The number of rotatable bonds is 4. The molecule has 0 saturated carbocycles. The molecule has 1 aromatic carbocycles. The molecule has 1 fully saturated rings. The topological polar surface area (TPSA) is 44.3 Å². The van der Waals surface area contributed by atoms with Gasteiger partial charge in [-0.05, 0) is 23.8 Å². The quantitative estimate of drug-likeness (QED) is 0.798. The zero-order valence-corrected chi connectivity index (χ0v) is 12.2. The second-order valence-electron chi connectivity index (χ2n) is 4.39. The van der Waals surface area contributed by atoms with E-state index in [-0.39, 0.29) is 24.4 Å². The van der Waals surface area contributed by atoms with Crippen molar-refractivity contribution in [2.24, 2.45) is 5.92 Å². The van der Waals surface area contributed by atoms with Crippen molar-refractivity contribution in [2.45, 2.75) is 12.6 Å². The van der Waals surface area contributed by atoms with E-state index in [0.29, 0.717) is 23.1 Å². The van der Waals surface area contributed by atoms with E-state index in [9.17, 15) is 5.11 Å². The minimum atomic E-state index is -0.245. The molecule has 0 aliphatic carbocycles. The van der Waals surface area contributed by atoms with Crippen LogP contribution < -0.4 is 10.6 Å². The van der Waals surface area contributed by atoms with Gasteiger partial charge in [-0.25, -0.2) is 0 Å². The Morgan fingerprint density at radius 2 is 1.89 bits per heavy atom. The number of hydrogen-bond acceptors (Lipinski definition) is 3. The molecule has 1 aliphatic heterocycles. The highest BCUT2D eigenvalue weighted by Gasteiger charge is 2.23. The van der Waals surface area contributed by atoms with Gasteiger partial charge in [-0.3, -0.25) is 0 Å². The predicted molar refractivity (Wildman–Crippen MR) is 77.8 cm³/mol. The van der Waals surface area contributed by atoms with Gasteiger partial charge in [0.2, 0.25) is 0 Å². The van der Waals surface area contributed by atoms with Gasteiger partial charge in [0, 0.05) is 42.1 Å². The van der Waals surface area contributed by atoms with E-state index in [2.05, 4.69) is 10.6 Å². The summed E-state index contributed by atoms with van der Waals surface area (Å²) in [6.07, 6.45) is -0.245. The van der Waals surface area contributed by atoms with Gasteiger partial charge in [0.1, 0.15) is 0 Å². The van der Waals surface area contributed by atoms with Crippen LogP contribution in [0.2, 0.25) is 10.0 Å². The molecule has 2 rings (SSSR count). The summed E-state index contributed by atoms with van der Waals surface area (Å²) in [6.45, 7) is 3.06. The van der Waals surface area contributed by atoms with Crippen molar-refractivity contribution < 1.29 is 5.11 Å². The van der Waals surface area contributed by atoms with E-state index < -0.39 is 0 Å². The Hall–Kier alpha value is -0.0300. The predicted octanol–water partition coefficient (Wildman–Crippen LogP) is 2.09. The smallest absolute Gasteiger partial charge is 0.0716 e. The molecule has 6 heteroatoms. The summed E-state index contributed by atoms with van der Waals surface area (Å²) >= 11 is 11.8. The van der Waals surface area contributed by atoms with Crippen LogP contribution in [-0.4, -0.2) is 30.8 Å². The summed E-state index contributed by atoms with van der Waals surface area (Å²) in [4.78, 5) is 0. The first-order valence-corrected chi connectivity index (χ1v) is 6.45. The van der Waals surface area contributed by atoms with Crippen LogP contribution >= 0.6 is 35.6 Å². The second kappa shape index (κ2) is 7.53. The zero-order valence-electron chi connectivity index (χ0n) is 9.83. The molecular formula is C12H17Cl3N2O. The number of aliphatic hydroxyl groups excluding tert-OH is 1. The van der Waals surface area contributed by atoms with Crippen LogP contribution in [0.5, 0.6) is 0 Å². The fourth-order valence-corrected chi connectivity index (χ4v) is 2.61. The average molecular weight is 312 g/mol. The number of benzene rings is 1. The Labute approximate surface area is 123 Å². The fourth-order valence-electron chi connectivity index (χ4n) is 2.04. The molecule has 2 unspecified atom stereocenters. The molecule has 102 valence electrons. The van der Waals surface area contributed by atoms with Crippen molar-refractivity contribution in [2.75, 3.05) is 19.6 Å². The number of β-amino-alcohol motifs (C(OH)–C–C–N with tert-alkyl or cyclic N) is 1. The molecule has 1 aliphatic rings. The summed E-state index contributed by atoms with van der Waals surface area (Å²) in [5, 5.41) is 17.4. The normalized spacial score (nSPS) is 22.8. The number of halogens is 3. The lowest BCUT2D eigenvalue weighted by Gasteiger charge is -2.14. The number of nitrogens with one attached hydrogen (secondary N) is 2. The van der Waals surface area contributed by atoms with Crippen LogP contribution in [0, 0.1) is 5.92 Å². The van der Waals surface area contributed by atoms with Gasteiger partial charge in [-0.15, -0.1) is 12.4 Å². The zero-order chi connectivity index (χ0) is 12.3. The van der Waals surface area contributed by atoms with Crippen LogP contribution in [0.4, 0.5) is 0 Å². The maximum atomic E-state index is 9.63. The number of hydrogen-bond donors (Lipinski definition) is 3. The number of aliphatic hydroxyl groups is 1. The molecule has 1 aromatic rings. The molecule has 0 bridgehead atoms. The summed E-state index contributed by atoms with van der Waals surface area (Å²) < 4.78 is 0. The van der Waals surface area contributed by atoms with E-state index >= 15 is 0 Å². The van der Waals surface area contributed by atoms with Crippen LogP contribution in [0.25, 0.3) is 0 Å². The van der Waals surface area contributed by atoms with Crippen molar-refractivity contribution in [1.82, 2.24) is 10.6 Å². The first-order valence-electron chi connectivity index (χ1n) is 5.69. The Morgan fingerprint density at radius 3 is 2.44 bits per heavy atom. The molecule has 1 saturated heterocycles. The molecule has 0 radical (unpaired) electrons. The standard InChI is InChI=1S/C12H16Cl2N2O.ClH/c13-10-1-8(2-11(14)3-10)4-15-5-9-6-16-7-12(9)17;/h1-3,9,12,15-17H,4-7H2;1H. The lowest BCUT2D eigenvalue weighted by Crippen LogP contribution is -2.30. The van der Waals surface area contributed by atoms with E-state index in [1.165, 1.54) is 0 Å². The first kappa shape index (κ1) is 16.0. The molecular weight excluding hydrogens is 295 g/mol. The molecule has 0 amide bonds. The molecule has 3 N–H and O–H groups in total. The van der Waals surface area contributed by atoms with Crippen molar-refractivity contribution >= 4 is 35.6 Å². The largest absolute Gasteiger partial charge is 0.391 e. The van der Waals surface area contributed by atoms with Gasteiger partial charge in [-0.2, -0.15) is 0 Å².